The third kappa shape index (κ3) is 35.9. The van der Waals surface area contributed by atoms with Gasteiger partial charge >= 0.3 is 0 Å². The monoisotopic (exact) mass is 696 g/mol. The Morgan fingerprint density at radius 2 is 0.896 bits per heavy atom. The summed E-state index contributed by atoms with van der Waals surface area (Å²) in [5, 5.41) is 13.2. The molecule has 0 heterocycles. The number of nitrogens with one attached hydrogen (secondary N) is 1. The van der Waals surface area contributed by atoms with Crippen LogP contribution in [0.15, 0.2) is 36.5 Å². The van der Waals surface area contributed by atoms with Gasteiger partial charge in [0.25, 0.3) is 10.1 Å². The molecule has 0 saturated heterocycles. The van der Waals surface area contributed by atoms with Gasteiger partial charge in [-0.2, -0.15) is 8.42 Å². The molecule has 7 heteroatoms. The van der Waals surface area contributed by atoms with Gasteiger partial charge in [0.15, 0.2) is 0 Å². The summed E-state index contributed by atoms with van der Waals surface area (Å²) in [6.45, 7) is 4.51. The highest BCUT2D eigenvalue weighted by Gasteiger charge is 2.24. The molecular weight excluding hydrogens is 619 g/mol. The fourth-order valence-corrected chi connectivity index (χ4v) is 6.74. The average molecular weight is 696 g/mol. The number of amides is 1. The van der Waals surface area contributed by atoms with Gasteiger partial charge in [-0.15, -0.1) is 0 Å². The minimum absolute atomic E-state index is 0.287. The van der Waals surface area contributed by atoms with Gasteiger partial charge in [-0.3, -0.25) is 9.35 Å². The molecule has 0 aliphatic carbocycles. The first-order valence-corrected chi connectivity index (χ1v) is 21.8. The van der Waals surface area contributed by atoms with Crippen LogP contribution in [0.1, 0.15) is 200 Å². The molecule has 1 amide bonds. The first-order chi connectivity index (χ1) is 23.3. The van der Waals surface area contributed by atoms with Crippen molar-refractivity contribution in [2.75, 3.05) is 5.75 Å². The minimum Gasteiger partial charge on any atom is -0.387 e. The van der Waals surface area contributed by atoms with Crippen LogP contribution in [0.5, 0.6) is 0 Å². The molecule has 2 atom stereocenters. The summed E-state index contributed by atoms with van der Waals surface area (Å²) >= 11 is 0. The van der Waals surface area contributed by atoms with E-state index in [1.54, 1.807) is 6.08 Å². The predicted octanol–water partition coefficient (Wildman–Crippen LogP) is 11.7. The van der Waals surface area contributed by atoms with Crippen LogP contribution in [-0.2, 0) is 14.9 Å². The second kappa shape index (κ2) is 35.4. The first-order valence-electron chi connectivity index (χ1n) is 20.2. The highest BCUT2D eigenvalue weighted by molar-refractivity contribution is 7.85. The number of aliphatic hydroxyl groups is 1. The molecule has 0 aromatic carbocycles. The van der Waals surface area contributed by atoms with Gasteiger partial charge in [0.2, 0.25) is 5.91 Å². The van der Waals surface area contributed by atoms with Crippen LogP contribution in [0, 0.1) is 0 Å². The molecule has 6 nitrogen and oxygen atoms in total. The molecule has 0 aliphatic heterocycles. The Labute approximate surface area is 297 Å². The normalized spacial score (nSPS) is 13.7. The Morgan fingerprint density at radius 3 is 1.31 bits per heavy atom. The lowest BCUT2D eigenvalue weighted by Gasteiger charge is -2.21. The summed E-state index contributed by atoms with van der Waals surface area (Å²) < 4.78 is 32.4. The number of hydrogen-bond donors (Lipinski definition) is 3. The van der Waals surface area contributed by atoms with E-state index in [2.05, 4.69) is 43.5 Å². The molecule has 0 bridgehead atoms. The SMILES string of the molecule is CCCCCCCCCCCCC/C=C/CC/C=C/CC/C=C/C(O)C(CS(=O)(=O)O)NC(=O)CCCCCCCCCCCCCC. The van der Waals surface area contributed by atoms with Crippen molar-refractivity contribution in [3.05, 3.63) is 36.5 Å². The molecule has 0 aromatic rings. The maximum absolute atomic E-state index is 12.5. The summed E-state index contributed by atoms with van der Waals surface area (Å²) in [6, 6.07) is -1.08. The number of hydrogen-bond acceptors (Lipinski definition) is 4. The molecule has 0 aliphatic rings. The molecule has 48 heavy (non-hydrogen) atoms. The van der Waals surface area contributed by atoms with Gasteiger partial charge < -0.3 is 10.4 Å². The van der Waals surface area contributed by atoms with Crippen molar-refractivity contribution < 1.29 is 22.9 Å². The highest BCUT2D eigenvalue weighted by Crippen LogP contribution is 2.14. The van der Waals surface area contributed by atoms with Crippen molar-refractivity contribution in [1.82, 2.24) is 5.32 Å². The Morgan fingerprint density at radius 1 is 0.542 bits per heavy atom. The van der Waals surface area contributed by atoms with Crippen molar-refractivity contribution in [2.24, 2.45) is 0 Å². The van der Waals surface area contributed by atoms with E-state index in [4.69, 9.17) is 0 Å². The number of rotatable bonds is 36. The third-order valence-corrected chi connectivity index (χ3v) is 9.83. The van der Waals surface area contributed by atoms with Crippen LogP contribution in [-0.4, -0.2) is 41.9 Å². The molecule has 0 fully saturated rings. The summed E-state index contributed by atoms with van der Waals surface area (Å²) in [6.07, 6.45) is 45.6. The van der Waals surface area contributed by atoms with Gasteiger partial charge in [-0.05, 0) is 44.9 Å². The summed E-state index contributed by atoms with van der Waals surface area (Å²) in [4.78, 5) is 12.5. The maximum Gasteiger partial charge on any atom is 0.267 e. The van der Waals surface area contributed by atoms with E-state index >= 15 is 0 Å². The number of unbranched alkanes of at least 4 members (excludes halogenated alkanes) is 24. The zero-order valence-electron chi connectivity index (χ0n) is 31.4. The van der Waals surface area contributed by atoms with Crippen LogP contribution < -0.4 is 5.32 Å². The summed E-state index contributed by atoms with van der Waals surface area (Å²) in [5.74, 6) is -1.01. The smallest absolute Gasteiger partial charge is 0.267 e. The van der Waals surface area contributed by atoms with Crippen LogP contribution >= 0.6 is 0 Å². The Balaban J connectivity index is 3.99. The molecule has 0 rings (SSSR count). The van der Waals surface area contributed by atoms with E-state index < -0.39 is 28.0 Å². The second-order valence-electron chi connectivity index (χ2n) is 13.9. The second-order valence-corrected chi connectivity index (χ2v) is 15.4. The van der Waals surface area contributed by atoms with Crippen LogP contribution in [0.3, 0.4) is 0 Å². The number of aliphatic hydroxyl groups excluding tert-OH is 1. The van der Waals surface area contributed by atoms with E-state index in [0.717, 1.165) is 38.5 Å². The van der Waals surface area contributed by atoms with Crippen molar-refractivity contribution in [3.8, 4) is 0 Å². The molecule has 3 N–H and O–H groups in total. The van der Waals surface area contributed by atoms with Crippen LogP contribution in [0.25, 0.3) is 0 Å². The Kier molecular flexibility index (Phi) is 34.3. The van der Waals surface area contributed by atoms with Crippen molar-refractivity contribution in [2.45, 2.75) is 212 Å². The van der Waals surface area contributed by atoms with Gasteiger partial charge in [-0.1, -0.05) is 185 Å². The van der Waals surface area contributed by atoms with Gasteiger partial charge in [-0.25, -0.2) is 0 Å². The number of carbonyl (C=O) groups is 1. The van der Waals surface area contributed by atoms with Crippen LogP contribution in [0.2, 0.25) is 0 Å². The number of carbonyl (C=O) groups excluding carboxylic acids is 1. The van der Waals surface area contributed by atoms with Crippen molar-refractivity contribution in [3.63, 3.8) is 0 Å². The molecular formula is C41H77NO5S. The van der Waals surface area contributed by atoms with Crippen molar-refractivity contribution in [1.29, 1.82) is 0 Å². The van der Waals surface area contributed by atoms with E-state index in [1.165, 1.54) is 141 Å². The maximum atomic E-state index is 12.5. The standard InChI is InChI=1S/C41H77NO5S/c1-3-5-7-9-11-13-15-17-18-19-20-21-22-23-24-25-26-28-30-32-34-36-40(43)39(38-48(45,46)47)42-41(44)37-35-33-31-29-27-16-14-12-10-8-6-4-2/h22-23,26,28,34,36,39-40,43H,3-21,24-25,27,29-33,35,37-38H2,1-2H3,(H,42,44)(H,45,46,47)/b23-22+,28-26+,36-34+. The number of allylic oxidation sites excluding steroid dienone is 5. The van der Waals surface area contributed by atoms with Gasteiger partial charge in [0, 0.05) is 6.42 Å². The zero-order chi connectivity index (χ0) is 35.4. The summed E-state index contributed by atoms with van der Waals surface area (Å²) in [7, 11) is -4.35. The topological polar surface area (TPSA) is 104 Å². The molecule has 2 unspecified atom stereocenters. The Hall–Kier alpha value is -1.44. The fraction of sp³-hybridized carbons (Fsp3) is 0.829. The van der Waals surface area contributed by atoms with E-state index in [1.807, 2.05) is 0 Å². The first kappa shape index (κ1) is 46.6. The largest absolute Gasteiger partial charge is 0.387 e. The van der Waals surface area contributed by atoms with Crippen molar-refractivity contribution >= 4 is 16.0 Å². The van der Waals surface area contributed by atoms with Gasteiger partial charge in [0.1, 0.15) is 0 Å². The average Bonchev–Trinajstić information content (AvgIpc) is 3.05. The molecule has 0 aromatic heterocycles. The molecule has 282 valence electrons. The van der Waals surface area contributed by atoms with Crippen LogP contribution in [0.4, 0.5) is 0 Å². The lowest BCUT2D eigenvalue weighted by molar-refractivity contribution is -0.122. The quantitative estimate of drug-likeness (QED) is 0.0344. The molecule has 0 spiro atoms. The highest BCUT2D eigenvalue weighted by atomic mass is 32.2. The van der Waals surface area contributed by atoms with Gasteiger partial charge in [0.05, 0.1) is 17.9 Å². The minimum atomic E-state index is -4.35. The van der Waals surface area contributed by atoms with E-state index in [9.17, 15) is 22.9 Å². The molecule has 0 saturated carbocycles. The van der Waals surface area contributed by atoms with E-state index in [0.29, 0.717) is 6.42 Å². The predicted molar refractivity (Wildman–Crippen MR) is 207 cm³/mol. The fourth-order valence-electron chi connectivity index (χ4n) is 6.01. The zero-order valence-corrected chi connectivity index (χ0v) is 32.2. The molecule has 0 radical (unpaired) electrons. The summed E-state index contributed by atoms with van der Waals surface area (Å²) in [5.41, 5.74) is 0. The third-order valence-electron chi connectivity index (χ3n) is 9.05. The lowest BCUT2D eigenvalue weighted by Crippen LogP contribution is -2.46. The van der Waals surface area contributed by atoms with E-state index in [-0.39, 0.29) is 12.3 Å². The Bertz CT molecular complexity index is 899. The lowest BCUT2D eigenvalue weighted by atomic mass is 10.0.